The third kappa shape index (κ3) is 3.03. The fraction of sp³-hybridized carbons (Fsp3) is 0.333. The van der Waals surface area contributed by atoms with E-state index < -0.39 is 10.0 Å². The highest BCUT2D eigenvalue weighted by Gasteiger charge is 2.17. The maximum absolute atomic E-state index is 12.1. The van der Waals surface area contributed by atoms with Crippen LogP contribution in [0.2, 0.25) is 0 Å². The average Bonchev–Trinajstić information content (AvgIpc) is 2.86. The Hall–Kier alpha value is -1.77. The molecular formula is C12H17N5O2S. The first-order valence-corrected chi connectivity index (χ1v) is 7.48. The molecule has 0 atom stereocenters. The van der Waals surface area contributed by atoms with Gasteiger partial charge in [0, 0.05) is 20.6 Å². The van der Waals surface area contributed by atoms with Crippen LogP contribution in [0.3, 0.4) is 0 Å². The van der Waals surface area contributed by atoms with Crippen molar-refractivity contribution in [2.75, 3.05) is 14.1 Å². The van der Waals surface area contributed by atoms with Gasteiger partial charge in [-0.15, -0.1) is 5.10 Å². The lowest BCUT2D eigenvalue weighted by molar-refractivity contribution is 0.520. The van der Waals surface area contributed by atoms with Crippen molar-refractivity contribution in [3.8, 4) is 0 Å². The molecule has 0 fully saturated rings. The monoisotopic (exact) mass is 295 g/mol. The highest BCUT2D eigenvalue weighted by molar-refractivity contribution is 7.89. The summed E-state index contributed by atoms with van der Waals surface area (Å²) < 4.78 is 26.9. The number of aromatic nitrogens is 3. The van der Waals surface area contributed by atoms with Crippen LogP contribution in [0.15, 0.2) is 35.4 Å². The quantitative estimate of drug-likeness (QED) is 0.840. The lowest BCUT2D eigenvalue weighted by Crippen LogP contribution is -2.22. The molecular weight excluding hydrogens is 278 g/mol. The Kier molecular flexibility index (Phi) is 4.17. The summed E-state index contributed by atoms with van der Waals surface area (Å²) in [5.41, 5.74) is 7.00. The molecule has 0 aliphatic heterocycles. The molecule has 0 radical (unpaired) electrons. The number of nitrogens with two attached hydrogens (primary N) is 1. The van der Waals surface area contributed by atoms with E-state index in [-0.39, 0.29) is 4.90 Å². The fourth-order valence-corrected chi connectivity index (χ4v) is 2.68. The maximum atomic E-state index is 12.1. The van der Waals surface area contributed by atoms with Gasteiger partial charge in [-0.2, -0.15) is 0 Å². The van der Waals surface area contributed by atoms with Gasteiger partial charge in [-0.25, -0.2) is 17.4 Å². The summed E-state index contributed by atoms with van der Waals surface area (Å²) in [6.45, 7) is 0.777. The van der Waals surface area contributed by atoms with Gasteiger partial charge in [0.05, 0.1) is 23.3 Å². The number of hydrogen-bond acceptors (Lipinski definition) is 5. The van der Waals surface area contributed by atoms with Gasteiger partial charge in [-0.05, 0) is 17.7 Å². The minimum absolute atomic E-state index is 0.263. The van der Waals surface area contributed by atoms with Crippen molar-refractivity contribution in [1.82, 2.24) is 19.3 Å². The largest absolute Gasteiger partial charge is 0.325 e. The van der Waals surface area contributed by atoms with E-state index in [1.807, 2.05) is 6.07 Å². The second-order valence-corrected chi connectivity index (χ2v) is 6.70. The molecule has 0 spiro atoms. The third-order valence-electron chi connectivity index (χ3n) is 2.82. The van der Waals surface area contributed by atoms with Gasteiger partial charge in [0.25, 0.3) is 0 Å². The Morgan fingerprint density at radius 2 is 2.10 bits per heavy atom. The van der Waals surface area contributed by atoms with Gasteiger partial charge < -0.3 is 5.73 Å². The molecule has 0 bridgehead atoms. The highest BCUT2D eigenvalue weighted by atomic mass is 32.2. The molecule has 0 saturated carbocycles. The predicted octanol–water partition coefficient (Wildman–Crippen LogP) is 0.0354. The SMILES string of the molecule is CN(C)S(=O)(=O)c1cccc(Cn2cc(CN)nn2)c1. The summed E-state index contributed by atoms with van der Waals surface area (Å²) in [5, 5.41) is 7.83. The Labute approximate surface area is 118 Å². The lowest BCUT2D eigenvalue weighted by Gasteiger charge is -2.12. The van der Waals surface area contributed by atoms with Crippen molar-refractivity contribution in [2.24, 2.45) is 5.73 Å². The van der Waals surface area contributed by atoms with Crippen molar-refractivity contribution in [2.45, 2.75) is 18.0 Å². The number of hydrogen-bond donors (Lipinski definition) is 1. The van der Waals surface area contributed by atoms with Gasteiger partial charge in [0.1, 0.15) is 0 Å². The second-order valence-electron chi connectivity index (χ2n) is 4.55. The first-order valence-electron chi connectivity index (χ1n) is 6.04. The van der Waals surface area contributed by atoms with Crippen LogP contribution in [0.4, 0.5) is 0 Å². The van der Waals surface area contributed by atoms with E-state index in [0.29, 0.717) is 18.8 Å². The molecule has 1 aromatic heterocycles. The molecule has 7 nitrogen and oxygen atoms in total. The van der Waals surface area contributed by atoms with Gasteiger partial charge in [0.2, 0.25) is 10.0 Å². The van der Waals surface area contributed by atoms with Crippen LogP contribution >= 0.6 is 0 Å². The smallest absolute Gasteiger partial charge is 0.242 e. The number of rotatable bonds is 5. The molecule has 0 unspecified atom stereocenters. The van der Waals surface area contributed by atoms with E-state index in [2.05, 4.69) is 10.3 Å². The van der Waals surface area contributed by atoms with Crippen molar-refractivity contribution in [1.29, 1.82) is 0 Å². The molecule has 2 aromatic rings. The molecule has 0 saturated heterocycles. The predicted molar refractivity (Wildman–Crippen MR) is 74.3 cm³/mol. The number of benzene rings is 1. The summed E-state index contributed by atoms with van der Waals surface area (Å²) in [4.78, 5) is 0.263. The van der Waals surface area contributed by atoms with Crippen LogP contribution in [0.1, 0.15) is 11.3 Å². The molecule has 2 N–H and O–H groups in total. The molecule has 20 heavy (non-hydrogen) atoms. The molecule has 0 aliphatic carbocycles. The Bertz CT molecular complexity index is 693. The summed E-state index contributed by atoms with van der Waals surface area (Å²) in [6, 6.07) is 6.77. The fourth-order valence-electron chi connectivity index (χ4n) is 1.71. The van der Waals surface area contributed by atoms with Crippen molar-refractivity contribution in [3.63, 3.8) is 0 Å². The Balaban J connectivity index is 2.26. The van der Waals surface area contributed by atoms with Crippen LogP contribution in [0.25, 0.3) is 0 Å². The summed E-state index contributed by atoms with van der Waals surface area (Å²) >= 11 is 0. The summed E-state index contributed by atoms with van der Waals surface area (Å²) in [5.74, 6) is 0. The van der Waals surface area contributed by atoms with E-state index >= 15 is 0 Å². The maximum Gasteiger partial charge on any atom is 0.242 e. The molecule has 108 valence electrons. The van der Waals surface area contributed by atoms with Crippen LogP contribution in [-0.4, -0.2) is 41.8 Å². The molecule has 0 amide bonds. The van der Waals surface area contributed by atoms with Crippen molar-refractivity contribution < 1.29 is 8.42 Å². The summed E-state index contributed by atoms with van der Waals surface area (Å²) in [7, 11) is -0.409. The van der Waals surface area contributed by atoms with E-state index in [9.17, 15) is 8.42 Å². The standard InChI is InChI=1S/C12H17N5O2S/c1-16(2)20(18,19)12-5-3-4-10(6-12)8-17-9-11(7-13)14-15-17/h3-6,9H,7-8,13H2,1-2H3. The average molecular weight is 295 g/mol. The topological polar surface area (TPSA) is 94.1 Å². The molecule has 1 aromatic carbocycles. The minimum atomic E-state index is -3.42. The van der Waals surface area contributed by atoms with Crippen molar-refractivity contribution >= 4 is 10.0 Å². The third-order valence-corrected chi connectivity index (χ3v) is 4.63. The van der Waals surface area contributed by atoms with E-state index in [1.54, 1.807) is 29.1 Å². The Morgan fingerprint density at radius 1 is 1.35 bits per heavy atom. The van der Waals surface area contributed by atoms with Gasteiger partial charge in [0.15, 0.2) is 0 Å². The second kappa shape index (κ2) is 5.70. The summed E-state index contributed by atoms with van der Waals surface area (Å²) in [6.07, 6.45) is 1.74. The number of nitrogens with zero attached hydrogens (tertiary/aromatic N) is 4. The van der Waals surface area contributed by atoms with Gasteiger partial charge in [-0.3, -0.25) is 0 Å². The van der Waals surface area contributed by atoms with Gasteiger partial charge >= 0.3 is 0 Å². The van der Waals surface area contributed by atoms with Crippen molar-refractivity contribution in [3.05, 3.63) is 41.7 Å². The van der Waals surface area contributed by atoms with Crippen LogP contribution in [-0.2, 0) is 23.1 Å². The lowest BCUT2D eigenvalue weighted by atomic mass is 10.2. The van der Waals surface area contributed by atoms with E-state index in [0.717, 1.165) is 5.56 Å². The highest BCUT2D eigenvalue weighted by Crippen LogP contribution is 2.15. The molecule has 2 rings (SSSR count). The van der Waals surface area contributed by atoms with Crippen LogP contribution in [0, 0.1) is 0 Å². The normalized spacial score (nSPS) is 12.0. The molecule has 1 heterocycles. The first-order chi connectivity index (χ1) is 9.43. The van der Waals surface area contributed by atoms with Crippen LogP contribution < -0.4 is 5.73 Å². The van der Waals surface area contributed by atoms with E-state index in [1.165, 1.54) is 18.4 Å². The zero-order valence-corrected chi connectivity index (χ0v) is 12.2. The molecule has 0 aliphatic rings. The van der Waals surface area contributed by atoms with Gasteiger partial charge in [-0.1, -0.05) is 17.3 Å². The molecule has 8 heteroatoms. The minimum Gasteiger partial charge on any atom is -0.325 e. The van der Waals surface area contributed by atoms with E-state index in [4.69, 9.17) is 5.73 Å². The number of sulfonamides is 1. The van der Waals surface area contributed by atoms with Crippen LogP contribution in [0.5, 0.6) is 0 Å². The Morgan fingerprint density at radius 3 is 2.70 bits per heavy atom. The zero-order chi connectivity index (χ0) is 14.8. The zero-order valence-electron chi connectivity index (χ0n) is 11.4. The first kappa shape index (κ1) is 14.6.